The molecule has 204 valence electrons. The summed E-state index contributed by atoms with van der Waals surface area (Å²) in [7, 11) is -3.89. The second-order valence-corrected chi connectivity index (χ2v) is 12.5. The summed E-state index contributed by atoms with van der Waals surface area (Å²) in [5.74, 6) is -0.0592. The van der Waals surface area contributed by atoms with Crippen molar-refractivity contribution >= 4 is 39.1 Å². The molecule has 2 aliphatic heterocycles. The van der Waals surface area contributed by atoms with E-state index in [1.54, 1.807) is 6.07 Å². The maximum absolute atomic E-state index is 13.4. The van der Waals surface area contributed by atoms with Crippen LogP contribution in [0.15, 0.2) is 35.2 Å². The fourth-order valence-corrected chi connectivity index (χ4v) is 7.97. The van der Waals surface area contributed by atoms with Gasteiger partial charge in [0, 0.05) is 63.2 Å². The molecule has 0 N–H and O–H groups in total. The zero-order chi connectivity index (χ0) is 26.6. The smallest absolute Gasteiger partial charge is 0.248 e. The molecule has 0 radical (unpaired) electrons. The molecule has 2 aromatic rings. The largest absolute Gasteiger partial charge is 0.370 e. The van der Waals surface area contributed by atoms with Gasteiger partial charge in [-0.15, -0.1) is 0 Å². The summed E-state index contributed by atoms with van der Waals surface area (Å²) in [6, 6.07) is 8.58. The molecule has 4 rings (SSSR count). The Labute approximate surface area is 230 Å². The van der Waals surface area contributed by atoms with Crippen molar-refractivity contribution in [3.63, 3.8) is 0 Å². The van der Waals surface area contributed by atoms with Crippen molar-refractivity contribution in [1.82, 2.24) is 18.7 Å². The first-order valence-electron chi connectivity index (χ1n) is 12.8. The van der Waals surface area contributed by atoms with Gasteiger partial charge in [-0.3, -0.25) is 9.69 Å². The van der Waals surface area contributed by atoms with Gasteiger partial charge in [0.25, 0.3) is 0 Å². The quantitative estimate of drug-likeness (QED) is 0.458. The number of carbonyl (C=O) groups is 1. The molecule has 11 heteroatoms. The number of nitrogens with zero attached hydrogens (tertiary/aromatic N) is 4. The molecule has 1 amide bonds. The lowest BCUT2D eigenvalue weighted by molar-refractivity contribution is -0.138. The van der Waals surface area contributed by atoms with Crippen molar-refractivity contribution in [2.75, 3.05) is 52.5 Å². The van der Waals surface area contributed by atoms with E-state index in [2.05, 4.69) is 35.4 Å². The average molecular weight is 572 g/mol. The number of rotatable bonds is 9. The first-order chi connectivity index (χ1) is 17.7. The summed E-state index contributed by atoms with van der Waals surface area (Å²) in [4.78, 5) is 16.9. The number of amides is 1. The van der Waals surface area contributed by atoms with Gasteiger partial charge >= 0.3 is 0 Å². The van der Waals surface area contributed by atoms with Gasteiger partial charge in [0.2, 0.25) is 15.9 Å². The standard InChI is InChI=1S/C26H36Cl2N4O4S/c1-20-9-10-21(2)31(20)17-14-29-12-15-30(16-13-29)25(33)19-36-18-22-6-3-4-11-32(22)37(34,35)26-23(27)7-5-8-24(26)28/h5,7-10,22H,3-4,6,11-19H2,1-2H3. The lowest BCUT2D eigenvalue weighted by Crippen LogP contribution is -2.50. The second-order valence-electron chi connectivity index (χ2n) is 9.82. The Kier molecular flexibility index (Phi) is 9.58. The third kappa shape index (κ3) is 6.69. The van der Waals surface area contributed by atoms with E-state index in [0.29, 0.717) is 26.1 Å². The summed E-state index contributed by atoms with van der Waals surface area (Å²) in [6.45, 7) is 9.61. The molecule has 1 atom stereocenters. The normalized spacial score (nSPS) is 19.9. The van der Waals surface area contributed by atoms with Crippen molar-refractivity contribution in [3.8, 4) is 0 Å². The highest BCUT2D eigenvalue weighted by Crippen LogP contribution is 2.34. The van der Waals surface area contributed by atoms with Crippen LogP contribution in [0.5, 0.6) is 0 Å². The van der Waals surface area contributed by atoms with Crippen LogP contribution in [0.25, 0.3) is 0 Å². The number of hydrogen-bond acceptors (Lipinski definition) is 5. The minimum Gasteiger partial charge on any atom is -0.370 e. The Bertz CT molecular complexity index is 1160. The lowest BCUT2D eigenvalue weighted by Gasteiger charge is -2.36. The summed E-state index contributed by atoms with van der Waals surface area (Å²) in [5.41, 5.74) is 2.53. The fraction of sp³-hybridized carbons (Fsp3) is 0.577. The van der Waals surface area contributed by atoms with Crippen molar-refractivity contribution in [2.45, 2.75) is 50.6 Å². The number of piperazine rings is 1. The molecule has 3 heterocycles. The summed E-state index contributed by atoms with van der Waals surface area (Å²) in [5, 5.41) is 0.205. The Balaban J connectivity index is 1.25. The number of hydrogen-bond donors (Lipinski definition) is 0. The highest BCUT2D eigenvalue weighted by Gasteiger charge is 2.36. The lowest BCUT2D eigenvalue weighted by atomic mass is 10.1. The first-order valence-corrected chi connectivity index (χ1v) is 15.0. The number of benzene rings is 1. The topological polar surface area (TPSA) is 75.1 Å². The molecule has 2 fully saturated rings. The van der Waals surface area contributed by atoms with Crippen molar-refractivity contribution in [1.29, 1.82) is 0 Å². The maximum atomic E-state index is 13.4. The van der Waals surface area contributed by atoms with Gasteiger partial charge in [-0.2, -0.15) is 4.31 Å². The van der Waals surface area contributed by atoms with Gasteiger partial charge in [0.1, 0.15) is 11.5 Å². The molecule has 37 heavy (non-hydrogen) atoms. The summed E-state index contributed by atoms with van der Waals surface area (Å²) in [6.07, 6.45) is 2.31. The third-order valence-electron chi connectivity index (χ3n) is 7.38. The third-order valence-corrected chi connectivity index (χ3v) is 10.3. The minimum atomic E-state index is -3.89. The van der Waals surface area contributed by atoms with Crippen molar-refractivity contribution < 1.29 is 17.9 Å². The fourth-order valence-electron chi connectivity index (χ4n) is 5.19. The van der Waals surface area contributed by atoms with E-state index in [1.165, 1.54) is 27.8 Å². The molecule has 1 unspecified atom stereocenters. The molecule has 0 saturated carbocycles. The van der Waals surface area contributed by atoms with Gasteiger partial charge in [0.05, 0.1) is 16.7 Å². The van der Waals surface area contributed by atoms with Crippen molar-refractivity contribution in [3.05, 3.63) is 51.8 Å². The molecule has 0 bridgehead atoms. The maximum Gasteiger partial charge on any atom is 0.248 e. The minimum absolute atomic E-state index is 0.0566. The van der Waals surface area contributed by atoms with Crippen LogP contribution in [-0.4, -0.2) is 91.5 Å². The van der Waals surface area contributed by atoms with E-state index in [1.807, 2.05) is 4.90 Å². The number of carbonyl (C=O) groups excluding carboxylic acids is 1. The molecule has 8 nitrogen and oxygen atoms in total. The Hall–Kier alpha value is -1.62. The highest BCUT2D eigenvalue weighted by molar-refractivity contribution is 7.89. The first kappa shape index (κ1) is 28.4. The molecule has 1 aromatic carbocycles. The van der Waals surface area contributed by atoms with Crippen LogP contribution >= 0.6 is 23.2 Å². The summed E-state index contributed by atoms with van der Waals surface area (Å²) < 4.78 is 36.3. The van der Waals surface area contributed by atoms with Crippen LogP contribution in [0.1, 0.15) is 30.7 Å². The Morgan fingerprint density at radius 1 is 0.946 bits per heavy atom. The molecule has 0 aliphatic carbocycles. The van der Waals surface area contributed by atoms with Gasteiger partial charge in [-0.25, -0.2) is 8.42 Å². The molecule has 1 aromatic heterocycles. The second kappa shape index (κ2) is 12.5. The molecular weight excluding hydrogens is 535 g/mol. The van der Waals surface area contributed by atoms with Crippen LogP contribution in [0.2, 0.25) is 10.0 Å². The molecule has 2 saturated heterocycles. The number of ether oxygens (including phenoxy) is 1. The van der Waals surface area contributed by atoms with Gasteiger partial charge in [0.15, 0.2) is 0 Å². The number of halogens is 2. The van der Waals surface area contributed by atoms with Crippen LogP contribution in [0, 0.1) is 13.8 Å². The van der Waals surface area contributed by atoms with Gasteiger partial charge in [-0.1, -0.05) is 35.7 Å². The zero-order valence-corrected chi connectivity index (χ0v) is 23.9. The highest BCUT2D eigenvalue weighted by atomic mass is 35.5. The van der Waals surface area contributed by atoms with E-state index in [9.17, 15) is 13.2 Å². The predicted octanol–water partition coefficient (Wildman–Crippen LogP) is 3.82. The van der Waals surface area contributed by atoms with E-state index in [0.717, 1.165) is 39.0 Å². The van der Waals surface area contributed by atoms with Gasteiger partial charge in [-0.05, 0) is 51.0 Å². The molecular formula is C26H36Cl2N4O4S. The van der Waals surface area contributed by atoms with Crippen LogP contribution in [0.3, 0.4) is 0 Å². The molecule has 2 aliphatic rings. The average Bonchev–Trinajstić information content (AvgIpc) is 3.19. The van der Waals surface area contributed by atoms with Crippen LogP contribution < -0.4 is 0 Å². The predicted molar refractivity (Wildman–Crippen MR) is 146 cm³/mol. The Morgan fingerprint density at radius 3 is 2.24 bits per heavy atom. The van der Waals surface area contributed by atoms with E-state index in [-0.39, 0.29) is 40.1 Å². The van der Waals surface area contributed by atoms with E-state index < -0.39 is 10.0 Å². The van der Waals surface area contributed by atoms with Crippen LogP contribution in [-0.2, 0) is 26.1 Å². The zero-order valence-electron chi connectivity index (χ0n) is 21.5. The SMILES string of the molecule is Cc1ccc(C)n1CCN1CCN(C(=O)COCC2CCCCN2S(=O)(=O)c2c(Cl)cccc2Cl)CC1. The summed E-state index contributed by atoms with van der Waals surface area (Å²) >= 11 is 12.4. The number of piperidine rings is 1. The van der Waals surface area contributed by atoms with E-state index >= 15 is 0 Å². The number of aryl methyl sites for hydroxylation is 2. The van der Waals surface area contributed by atoms with Gasteiger partial charge < -0.3 is 14.2 Å². The number of sulfonamides is 1. The number of aromatic nitrogens is 1. The van der Waals surface area contributed by atoms with Crippen LogP contribution in [0.4, 0.5) is 0 Å². The van der Waals surface area contributed by atoms with E-state index in [4.69, 9.17) is 27.9 Å². The molecule has 0 spiro atoms. The Morgan fingerprint density at radius 2 is 1.59 bits per heavy atom. The monoisotopic (exact) mass is 570 g/mol. The van der Waals surface area contributed by atoms with Crippen molar-refractivity contribution in [2.24, 2.45) is 0 Å².